The third-order valence-corrected chi connectivity index (χ3v) is 4.88. The average Bonchev–Trinajstić information content (AvgIpc) is 3.00. The van der Waals surface area contributed by atoms with Gasteiger partial charge in [0.15, 0.2) is 0 Å². The lowest BCUT2D eigenvalue weighted by Crippen LogP contribution is -2.06. The molecule has 0 aliphatic carbocycles. The molecule has 5 rings (SSSR count). The summed E-state index contributed by atoms with van der Waals surface area (Å²) in [6, 6.07) is 27.9. The van der Waals surface area contributed by atoms with E-state index in [0.717, 1.165) is 17.9 Å². The molecular formula is C23H18N2. The van der Waals surface area contributed by atoms with Crippen LogP contribution < -0.4 is 0 Å². The zero-order chi connectivity index (χ0) is 16.8. The summed E-state index contributed by atoms with van der Waals surface area (Å²) in [5.41, 5.74) is 6.07. The molecule has 0 amide bonds. The van der Waals surface area contributed by atoms with E-state index in [-0.39, 0.29) is 0 Å². The summed E-state index contributed by atoms with van der Waals surface area (Å²) in [7, 11) is 0. The quantitative estimate of drug-likeness (QED) is 0.410. The number of rotatable bonds is 2. The highest BCUT2D eigenvalue weighted by Crippen LogP contribution is 2.35. The van der Waals surface area contributed by atoms with Crippen molar-refractivity contribution in [2.24, 2.45) is 0 Å². The Morgan fingerprint density at radius 2 is 1.64 bits per heavy atom. The van der Waals surface area contributed by atoms with Crippen molar-refractivity contribution in [2.45, 2.75) is 13.5 Å². The van der Waals surface area contributed by atoms with Gasteiger partial charge in [0.25, 0.3) is 0 Å². The Morgan fingerprint density at radius 3 is 2.52 bits per heavy atom. The first-order chi connectivity index (χ1) is 12.3. The van der Waals surface area contributed by atoms with E-state index in [4.69, 9.17) is 4.98 Å². The van der Waals surface area contributed by atoms with E-state index in [1.165, 1.54) is 33.0 Å². The zero-order valence-corrected chi connectivity index (χ0v) is 14.1. The second-order valence-corrected chi connectivity index (χ2v) is 6.64. The second kappa shape index (κ2) is 5.45. The van der Waals surface area contributed by atoms with Gasteiger partial charge in [-0.15, -0.1) is 0 Å². The standard InChI is InChI=1S/C23H18N2/c1-16-11-12-21-19(13-16)20-14-18-9-5-6-10-22(18)25(23(20)24-21)15-17-7-3-2-4-8-17/h2-14H,15H2,1H3. The van der Waals surface area contributed by atoms with Gasteiger partial charge in [0.05, 0.1) is 11.0 Å². The predicted molar refractivity (Wildman–Crippen MR) is 104 cm³/mol. The molecule has 0 unspecified atom stereocenters. The Morgan fingerprint density at radius 1 is 0.840 bits per heavy atom. The third kappa shape index (κ3) is 2.30. The second-order valence-electron chi connectivity index (χ2n) is 6.64. The fourth-order valence-electron chi connectivity index (χ4n) is 3.66. The van der Waals surface area contributed by atoms with E-state index in [9.17, 15) is 0 Å². The number of hydrogen-bond acceptors (Lipinski definition) is 1. The number of pyridine rings is 1. The summed E-state index contributed by atoms with van der Waals surface area (Å²) in [5.74, 6) is 1.06. The zero-order valence-electron chi connectivity index (χ0n) is 14.1. The van der Waals surface area contributed by atoms with E-state index in [2.05, 4.69) is 90.4 Å². The molecule has 3 aromatic rings. The van der Waals surface area contributed by atoms with Crippen LogP contribution in [0, 0.1) is 6.92 Å². The first-order valence-electron chi connectivity index (χ1n) is 8.62. The van der Waals surface area contributed by atoms with Crippen LogP contribution in [0.15, 0.2) is 78.9 Å². The monoisotopic (exact) mass is 322 g/mol. The third-order valence-electron chi connectivity index (χ3n) is 4.88. The molecule has 2 aliphatic rings. The van der Waals surface area contributed by atoms with Crippen molar-refractivity contribution in [3.63, 3.8) is 0 Å². The first kappa shape index (κ1) is 14.2. The van der Waals surface area contributed by atoms with Gasteiger partial charge >= 0.3 is 0 Å². The number of aryl methyl sites for hydroxylation is 1. The van der Waals surface area contributed by atoms with Crippen LogP contribution in [-0.2, 0) is 6.54 Å². The molecule has 0 spiro atoms. The Labute approximate surface area is 146 Å². The largest absolute Gasteiger partial charge is 0.321 e. The van der Waals surface area contributed by atoms with E-state index in [0.29, 0.717) is 0 Å². The minimum atomic E-state index is 0.820. The van der Waals surface area contributed by atoms with Gasteiger partial charge in [0.1, 0.15) is 5.82 Å². The average molecular weight is 322 g/mol. The van der Waals surface area contributed by atoms with E-state index >= 15 is 0 Å². The minimum Gasteiger partial charge on any atom is -0.321 e. The van der Waals surface area contributed by atoms with Gasteiger partial charge in [-0.25, -0.2) is 4.98 Å². The Hall–Kier alpha value is -3.13. The molecule has 0 atom stereocenters. The van der Waals surface area contributed by atoms with Crippen molar-refractivity contribution in [3.05, 3.63) is 90.0 Å². The highest BCUT2D eigenvalue weighted by atomic mass is 15.1. The first-order valence-corrected chi connectivity index (χ1v) is 8.62. The van der Waals surface area contributed by atoms with Gasteiger partial charge in [0.2, 0.25) is 0 Å². The molecule has 2 aliphatic heterocycles. The molecule has 0 aromatic heterocycles. The maximum atomic E-state index is 4.97. The van der Waals surface area contributed by atoms with Crippen molar-refractivity contribution in [2.75, 3.05) is 0 Å². The summed E-state index contributed by atoms with van der Waals surface area (Å²) < 4.78 is 2.34. The van der Waals surface area contributed by atoms with Crippen molar-refractivity contribution < 1.29 is 0 Å². The molecule has 3 aromatic carbocycles. The molecule has 0 radical (unpaired) electrons. The normalized spacial score (nSPS) is 11.6. The lowest BCUT2D eigenvalue weighted by atomic mass is 10.1. The van der Waals surface area contributed by atoms with Crippen LogP contribution in [-0.4, -0.2) is 9.55 Å². The van der Waals surface area contributed by atoms with E-state index in [1.54, 1.807) is 0 Å². The molecule has 0 saturated heterocycles. The van der Waals surface area contributed by atoms with Crippen molar-refractivity contribution in [1.82, 2.24) is 9.55 Å². The fraction of sp³-hybridized carbons (Fsp3) is 0.0870. The molecule has 0 fully saturated rings. The van der Waals surface area contributed by atoms with Crippen LogP contribution in [0.1, 0.15) is 11.1 Å². The van der Waals surface area contributed by atoms with Gasteiger partial charge < -0.3 is 4.57 Å². The predicted octanol–water partition coefficient (Wildman–Crippen LogP) is 5.65. The Balaban J connectivity index is 1.86. The van der Waals surface area contributed by atoms with Gasteiger partial charge in [-0.05, 0) is 42.1 Å². The van der Waals surface area contributed by atoms with Crippen LogP contribution in [0.4, 0.5) is 0 Å². The maximum Gasteiger partial charge on any atom is 0.142 e. The number of para-hydroxylation sites is 1. The lowest BCUT2D eigenvalue weighted by Gasteiger charge is -2.16. The Bertz CT molecular complexity index is 1170. The van der Waals surface area contributed by atoms with E-state index in [1.807, 2.05) is 0 Å². The van der Waals surface area contributed by atoms with Crippen LogP contribution in [0.5, 0.6) is 0 Å². The highest BCUT2D eigenvalue weighted by Gasteiger charge is 2.18. The summed E-state index contributed by atoms with van der Waals surface area (Å²) in [6.45, 7) is 2.96. The maximum absolute atomic E-state index is 4.97. The summed E-state index contributed by atoms with van der Waals surface area (Å²) in [4.78, 5) is 4.97. The summed E-state index contributed by atoms with van der Waals surface area (Å²) in [5, 5.41) is 2.49. The molecule has 0 saturated carbocycles. The van der Waals surface area contributed by atoms with Crippen molar-refractivity contribution in [3.8, 4) is 11.4 Å². The lowest BCUT2D eigenvalue weighted by molar-refractivity contribution is 0.822. The van der Waals surface area contributed by atoms with Crippen LogP contribution >= 0.6 is 0 Å². The van der Waals surface area contributed by atoms with Gasteiger partial charge in [-0.3, -0.25) is 0 Å². The molecular weight excluding hydrogens is 304 g/mol. The van der Waals surface area contributed by atoms with Crippen LogP contribution in [0.2, 0.25) is 0 Å². The SMILES string of the molecule is Cc1ccc2nc3n(Cc4ccccc4)c4ccccc4cc-3c2c1. The molecule has 0 bridgehead atoms. The van der Waals surface area contributed by atoms with Crippen molar-refractivity contribution in [1.29, 1.82) is 0 Å². The summed E-state index contributed by atoms with van der Waals surface area (Å²) in [6.07, 6.45) is 0. The fourth-order valence-corrected chi connectivity index (χ4v) is 3.66. The molecule has 120 valence electrons. The summed E-state index contributed by atoms with van der Waals surface area (Å²) >= 11 is 0. The van der Waals surface area contributed by atoms with Gasteiger partial charge in [-0.2, -0.15) is 0 Å². The number of aromatic nitrogens is 2. The topological polar surface area (TPSA) is 17.8 Å². The molecule has 25 heavy (non-hydrogen) atoms. The van der Waals surface area contributed by atoms with E-state index < -0.39 is 0 Å². The van der Waals surface area contributed by atoms with Crippen LogP contribution in [0.25, 0.3) is 33.2 Å². The number of fused-ring (bicyclic) bond motifs is 4. The molecule has 0 N–H and O–H groups in total. The smallest absolute Gasteiger partial charge is 0.142 e. The van der Waals surface area contributed by atoms with Gasteiger partial charge in [-0.1, -0.05) is 60.2 Å². The molecule has 2 heteroatoms. The molecule has 2 heterocycles. The Kier molecular flexibility index (Phi) is 3.10. The van der Waals surface area contributed by atoms with Crippen molar-refractivity contribution >= 4 is 21.8 Å². The minimum absolute atomic E-state index is 0.820. The number of benzene rings is 3. The number of nitrogens with zero attached hydrogens (tertiary/aromatic N) is 2. The number of hydrogen-bond donors (Lipinski definition) is 0. The van der Waals surface area contributed by atoms with Gasteiger partial charge in [0, 0.05) is 17.5 Å². The molecule has 2 nitrogen and oxygen atoms in total. The highest BCUT2D eigenvalue weighted by molar-refractivity contribution is 6.01. The van der Waals surface area contributed by atoms with Crippen LogP contribution in [0.3, 0.4) is 0 Å².